The van der Waals surface area contributed by atoms with E-state index in [-0.39, 0.29) is 23.5 Å². The van der Waals surface area contributed by atoms with Crippen LogP contribution in [-0.2, 0) is 29.4 Å². The van der Waals surface area contributed by atoms with Gasteiger partial charge in [0.15, 0.2) is 4.90 Å². The van der Waals surface area contributed by atoms with Gasteiger partial charge in [-0.1, -0.05) is 12.1 Å². The summed E-state index contributed by atoms with van der Waals surface area (Å²) in [5.41, 5.74) is 0.621. The van der Waals surface area contributed by atoms with Gasteiger partial charge in [-0.25, -0.2) is 13.4 Å². The van der Waals surface area contributed by atoms with Crippen molar-refractivity contribution in [3.63, 3.8) is 0 Å². The van der Waals surface area contributed by atoms with Gasteiger partial charge in [0.25, 0.3) is 11.2 Å². The topological polar surface area (TPSA) is 130 Å². The van der Waals surface area contributed by atoms with E-state index in [1.54, 1.807) is 11.3 Å². The summed E-state index contributed by atoms with van der Waals surface area (Å²) >= 11 is 1.60. The third-order valence-corrected chi connectivity index (χ3v) is 9.39. The van der Waals surface area contributed by atoms with E-state index in [4.69, 9.17) is 4.98 Å². The molecule has 0 amide bonds. The van der Waals surface area contributed by atoms with Crippen LogP contribution in [0.25, 0.3) is 10.2 Å². The molecule has 1 saturated heterocycles. The third kappa shape index (κ3) is 4.07. The number of hydrogen-bond donors (Lipinski definition) is 1. The van der Waals surface area contributed by atoms with E-state index in [9.17, 15) is 23.3 Å². The van der Waals surface area contributed by atoms with Crippen LogP contribution in [0.4, 0.5) is 5.69 Å². The predicted octanol–water partition coefficient (Wildman–Crippen LogP) is 2.28. The van der Waals surface area contributed by atoms with Crippen LogP contribution in [-0.4, -0.2) is 58.7 Å². The second-order valence-electron chi connectivity index (χ2n) is 8.31. The number of hydrogen-bond acceptors (Lipinski definition) is 8. The van der Waals surface area contributed by atoms with Crippen LogP contribution >= 0.6 is 11.3 Å². The maximum absolute atomic E-state index is 13.0. The number of fused-ring (bicyclic) bond motifs is 3. The molecular weight excluding hydrogens is 466 g/mol. The molecule has 1 fully saturated rings. The number of nitro benzene ring substituents is 1. The highest BCUT2D eigenvalue weighted by Crippen LogP contribution is 2.33. The number of H-pyrrole nitrogens is 1. The molecule has 0 spiro atoms. The van der Waals surface area contributed by atoms with Crippen molar-refractivity contribution in [3.8, 4) is 0 Å². The van der Waals surface area contributed by atoms with Crippen LogP contribution in [0.5, 0.6) is 0 Å². The Morgan fingerprint density at radius 3 is 2.61 bits per heavy atom. The largest absolute Gasteiger partial charge is 0.309 e. The first kappa shape index (κ1) is 22.1. The fourth-order valence-corrected chi connectivity index (χ4v) is 7.45. The third-order valence-electron chi connectivity index (χ3n) is 6.26. The molecule has 2 aliphatic rings. The van der Waals surface area contributed by atoms with Crippen molar-refractivity contribution < 1.29 is 13.3 Å². The molecule has 10 nitrogen and oxygen atoms in total. The van der Waals surface area contributed by atoms with E-state index in [0.29, 0.717) is 25.5 Å². The Kier molecular flexibility index (Phi) is 5.77. The number of sulfonamides is 1. The van der Waals surface area contributed by atoms with Crippen LogP contribution in [0.2, 0.25) is 0 Å². The van der Waals surface area contributed by atoms with Gasteiger partial charge in [0.1, 0.15) is 10.7 Å². The monoisotopic (exact) mass is 489 g/mol. The number of para-hydroxylation sites is 1. The normalized spacial score (nSPS) is 17.8. The zero-order valence-corrected chi connectivity index (χ0v) is 19.5. The van der Waals surface area contributed by atoms with Crippen molar-refractivity contribution in [1.29, 1.82) is 0 Å². The molecule has 0 atom stereocenters. The molecule has 174 valence electrons. The minimum absolute atomic E-state index is 0.105. The van der Waals surface area contributed by atoms with Crippen molar-refractivity contribution in [3.05, 3.63) is 61.0 Å². The van der Waals surface area contributed by atoms with Crippen LogP contribution < -0.4 is 5.56 Å². The van der Waals surface area contributed by atoms with Gasteiger partial charge in [-0.15, -0.1) is 11.3 Å². The van der Waals surface area contributed by atoms with Gasteiger partial charge in [0.05, 0.1) is 16.9 Å². The quantitative estimate of drug-likeness (QED) is 0.430. The number of aryl methyl sites for hydroxylation is 2. The van der Waals surface area contributed by atoms with E-state index in [0.717, 1.165) is 41.5 Å². The molecule has 3 aromatic rings. The number of rotatable bonds is 5. The molecular formula is C21H23N5O5S2. The second kappa shape index (κ2) is 8.60. The molecule has 0 saturated carbocycles. The molecule has 1 aliphatic carbocycles. The van der Waals surface area contributed by atoms with Gasteiger partial charge < -0.3 is 4.98 Å². The minimum atomic E-state index is -3.98. The smallest absolute Gasteiger partial charge is 0.289 e. The summed E-state index contributed by atoms with van der Waals surface area (Å²) in [5, 5.41) is 12.0. The molecule has 0 bridgehead atoms. The molecule has 1 aromatic carbocycles. The Bertz CT molecular complexity index is 1390. The average molecular weight is 490 g/mol. The van der Waals surface area contributed by atoms with Crippen molar-refractivity contribution in [2.24, 2.45) is 0 Å². The Morgan fingerprint density at radius 1 is 1.12 bits per heavy atom. The van der Waals surface area contributed by atoms with Gasteiger partial charge in [-0.2, -0.15) is 4.31 Å². The van der Waals surface area contributed by atoms with Crippen molar-refractivity contribution in [2.75, 3.05) is 26.2 Å². The summed E-state index contributed by atoms with van der Waals surface area (Å²) in [6.07, 6.45) is 4.17. The molecule has 33 heavy (non-hydrogen) atoms. The van der Waals surface area contributed by atoms with Crippen LogP contribution in [0, 0.1) is 10.1 Å². The number of nitrogens with one attached hydrogen (secondary N) is 1. The van der Waals surface area contributed by atoms with Gasteiger partial charge in [-0.05, 0) is 37.3 Å². The highest BCUT2D eigenvalue weighted by atomic mass is 32.2. The molecule has 2 aromatic heterocycles. The summed E-state index contributed by atoms with van der Waals surface area (Å²) < 4.78 is 27.3. The predicted molar refractivity (Wildman–Crippen MR) is 124 cm³/mol. The van der Waals surface area contributed by atoms with E-state index >= 15 is 0 Å². The van der Waals surface area contributed by atoms with Crippen molar-refractivity contribution >= 4 is 37.3 Å². The fourth-order valence-electron chi connectivity index (χ4n) is 4.59. The van der Waals surface area contributed by atoms with E-state index in [1.807, 2.05) is 4.90 Å². The first-order chi connectivity index (χ1) is 15.8. The van der Waals surface area contributed by atoms with Crippen LogP contribution in [0.1, 0.15) is 29.1 Å². The van der Waals surface area contributed by atoms with Crippen molar-refractivity contribution in [1.82, 2.24) is 19.2 Å². The zero-order chi connectivity index (χ0) is 23.2. The zero-order valence-electron chi connectivity index (χ0n) is 17.8. The summed E-state index contributed by atoms with van der Waals surface area (Å²) in [6, 6.07) is 5.40. The lowest BCUT2D eigenvalue weighted by Crippen LogP contribution is -2.48. The van der Waals surface area contributed by atoms with Gasteiger partial charge >= 0.3 is 0 Å². The SMILES string of the molecule is O=c1[nH]c(CN2CCN(S(=O)(=O)c3ccccc3[N+](=O)[O-])CC2)nc2sc3c(c12)CCCC3. The second-order valence-corrected chi connectivity index (χ2v) is 11.3. The molecule has 0 unspecified atom stereocenters. The average Bonchev–Trinajstić information content (AvgIpc) is 3.18. The van der Waals surface area contributed by atoms with Gasteiger partial charge in [-0.3, -0.25) is 19.8 Å². The first-order valence-corrected chi connectivity index (χ1v) is 13.1. The van der Waals surface area contributed by atoms with E-state index in [1.165, 1.54) is 33.4 Å². The highest BCUT2D eigenvalue weighted by Gasteiger charge is 2.33. The van der Waals surface area contributed by atoms with E-state index in [2.05, 4.69) is 4.98 Å². The Hall–Kier alpha value is -2.67. The highest BCUT2D eigenvalue weighted by molar-refractivity contribution is 7.89. The first-order valence-electron chi connectivity index (χ1n) is 10.8. The van der Waals surface area contributed by atoms with E-state index < -0.39 is 20.6 Å². The molecule has 5 rings (SSSR count). The van der Waals surface area contributed by atoms with Crippen LogP contribution in [0.15, 0.2) is 34.0 Å². The molecule has 12 heteroatoms. The van der Waals surface area contributed by atoms with Gasteiger partial charge in [0.2, 0.25) is 10.0 Å². The van der Waals surface area contributed by atoms with Gasteiger partial charge in [0, 0.05) is 37.1 Å². The van der Waals surface area contributed by atoms with Crippen LogP contribution in [0.3, 0.4) is 0 Å². The maximum atomic E-state index is 13.0. The number of aromatic nitrogens is 2. The lowest BCUT2D eigenvalue weighted by molar-refractivity contribution is -0.387. The fraction of sp³-hybridized carbons (Fsp3) is 0.429. The minimum Gasteiger partial charge on any atom is -0.309 e. The Labute approximate surface area is 194 Å². The summed E-state index contributed by atoms with van der Waals surface area (Å²) in [6.45, 7) is 1.68. The molecule has 1 aliphatic heterocycles. The number of thiophene rings is 1. The number of piperazine rings is 1. The summed E-state index contributed by atoms with van der Waals surface area (Å²) in [5.74, 6) is 0.570. The lowest BCUT2D eigenvalue weighted by atomic mass is 9.97. The summed E-state index contributed by atoms with van der Waals surface area (Å²) in [4.78, 5) is 34.7. The molecule has 3 heterocycles. The Balaban J connectivity index is 1.31. The standard InChI is InChI=1S/C21H23N5O5S2/c27-20-19-14-5-1-3-7-16(14)32-21(19)23-18(22-20)13-24-9-11-25(12-10-24)33(30,31)17-8-4-2-6-15(17)26(28)29/h2,4,6,8H,1,3,5,7,9-13H2,(H,22,23,27). The number of aromatic amines is 1. The number of benzene rings is 1. The maximum Gasteiger partial charge on any atom is 0.289 e. The lowest BCUT2D eigenvalue weighted by Gasteiger charge is -2.33. The Morgan fingerprint density at radius 2 is 1.85 bits per heavy atom. The number of nitro groups is 1. The molecule has 0 radical (unpaired) electrons. The summed E-state index contributed by atoms with van der Waals surface area (Å²) in [7, 11) is -3.98. The number of nitrogens with zero attached hydrogens (tertiary/aromatic N) is 4. The molecule has 1 N–H and O–H groups in total. The van der Waals surface area contributed by atoms with Crippen molar-refractivity contribution in [2.45, 2.75) is 37.1 Å².